The molecular formula is C21H20N4O3S. The number of hydrogen-bond donors (Lipinski definition) is 1. The van der Waals surface area contributed by atoms with E-state index in [1.54, 1.807) is 30.6 Å². The minimum Gasteiger partial charge on any atom is -0.497 e. The number of nitrogens with zero attached hydrogens (tertiary/aromatic N) is 3. The summed E-state index contributed by atoms with van der Waals surface area (Å²) in [6, 6.07) is 13.1. The Hall–Kier alpha value is -3.39. The van der Waals surface area contributed by atoms with Crippen LogP contribution < -0.4 is 10.1 Å². The highest BCUT2D eigenvalue weighted by atomic mass is 32.1. The van der Waals surface area contributed by atoms with Crippen LogP contribution >= 0.6 is 11.3 Å². The number of anilines is 1. The maximum atomic E-state index is 12.5. The first-order chi connectivity index (χ1) is 14.0. The molecular weight excluding hydrogens is 388 g/mol. The highest BCUT2D eigenvalue weighted by molar-refractivity contribution is 7.13. The van der Waals surface area contributed by atoms with Gasteiger partial charge in [0.15, 0.2) is 0 Å². The highest BCUT2D eigenvalue weighted by Gasteiger charge is 2.18. The van der Waals surface area contributed by atoms with Crippen molar-refractivity contribution in [1.29, 1.82) is 0 Å². The second-order valence-electron chi connectivity index (χ2n) is 6.54. The molecule has 0 aliphatic heterocycles. The van der Waals surface area contributed by atoms with Gasteiger partial charge in [-0.3, -0.25) is 4.79 Å². The van der Waals surface area contributed by atoms with Crippen molar-refractivity contribution >= 4 is 22.9 Å². The predicted molar refractivity (Wildman–Crippen MR) is 112 cm³/mol. The maximum absolute atomic E-state index is 12.5. The minimum atomic E-state index is -0.117. The SMILES string of the molecule is COc1ccc(NC(=O)Cn2c(C)cc(-c3nnc(-c4cccs4)o3)c2C)cc1. The van der Waals surface area contributed by atoms with Crippen LogP contribution in [0.5, 0.6) is 5.75 Å². The summed E-state index contributed by atoms with van der Waals surface area (Å²) in [6.07, 6.45) is 0. The lowest BCUT2D eigenvalue weighted by Gasteiger charge is -2.10. The Morgan fingerprint density at radius 3 is 2.62 bits per heavy atom. The molecule has 1 aromatic carbocycles. The topological polar surface area (TPSA) is 82.2 Å². The number of aryl methyl sites for hydroxylation is 1. The van der Waals surface area contributed by atoms with E-state index in [-0.39, 0.29) is 12.5 Å². The lowest BCUT2D eigenvalue weighted by molar-refractivity contribution is -0.116. The van der Waals surface area contributed by atoms with Gasteiger partial charge in [0, 0.05) is 17.1 Å². The molecule has 1 amide bonds. The first-order valence-electron chi connectivity index (χ1n) is 9.03. The molecule has 0 bridgehead atoms. The molecule has 0 saturated heterocycles. The monoisotopic (exact) mass is 408 g/mol. The number of benzene rings is 1. The molecule has 0 spiro atoms. The zero-order valence-corrected chi connectivity index (χ0v) is 17.1. The Balaban J connectivity index is 1.51. The average molecular weight is 408 g/mol. The quantitative estimate of drug-likeness (QED) is 0.507. The fourth-order valence-corrected chi connectivity index (χ4v) is 3.76. The summed E-state index contributed by atoms with van der Waals surface area (Å²) in [5.41, 5.74) is 3.39. The molecule has 29 heavy (non-hydrogen) atoms. The Kier molecular flexibility index (Phi) is 5.18. The van der Waals surface area contributed by atoms with Gasteiger partial charge in [0.1, 0.15) is 12.3 Å². The smallest absolute Gasteiger partial charge is 0.258 e. The number of nitrogens with one attached hydrogen (secondary N) is 1. The fourth-order valence-electron chi connectivity index (χ4n) is 3.11. The number of amides is 1. The van der Waals surface area contributed by atoms with E-state index in [4.69, 9.17) is 9.15 Å². The van der Waals surface area contributed by atoms with Crippen molar-refractivity contribution < 1.29 is 13.9 Å². The number of aromatic nitrogens is 3. The van der Waals surface area contributed by atoms with Gasteiger partial charge in [-0.25, -0.2) is 0 Å². The molecule has 0 saturated carbocycles. The van der Waals surface area contributed by atoms with Gasteiger partial charge in [0.25, 0.3) is 5.89 Å². The van der Waals surface area contributed by atoms with Gasteiger partial charge in [0.05, 0.1) is 17.6 Å². The number of carbonyl (C=O) groups is 1. The first-order valence-corrected chi connectivity index (χ1v) is 9.91. The number of thiophene rings is 1. The minimum absolute atomic E-state index is 0.117. The van der Waals surface area contributed by atoms with Crippen LogP contribution in [0.4, 0.5) is 5.69 Å². The Morgan fingerprint density at radius 2 is 1.93 bits per heavy atom. The average Bonchev–Trinajstić information content (AvgIpc) is 3.45. The molecule has 4 aromatic rings. The van der Waals surface area contributed by atoms with Crippen LogP contribution in [0.2, 0.25) is 0 Å². The largest absolute Gasteiger partial charge is 0.497 e. The van der Waals surface area contributed by atoms with Crippen LogP contribution in [-0.4, -0.2) is 27.8 Å². The third-order valence-electron chi connectivity index (χ3n) is 4.64. The number of hydrogen-bond acceptors (Lipinski definition) is 6. The zero-order valence-electron chi connectivity index (χ0n) is 16.3. The molecule has 7 nitrogen and oxygen atoms in total. The molecule has 1 N–H and O–H groups in total. The van der Waals surface area contributed by atoms with E-state index in [0.29, 0.717) is 11.8 Å². The summed E-state index contributed by atoms with van der Waals surface area (Å²) in [5, 5.41) is 13.2. The standard InChI is InChI=1S/C21H20N4O3S/c1-13-11-17(20-23-24-21(28-20)18-5-4-10-29-18)14(2)25(13)12-19(26)22-15-6-8-16(27-3)9-7-15/h4-11H,12H2,1-3H3,(H,22,26). The Morgan fingerprint density at radius 1 is 1.17 bits per heavy atom. The van der Waals surface area contributed by atoms with E-state index in [1.165, 1.54) is 0 Å². The number of carbonyl (C=O) groups excluding carboxylic acids is 1. The summed E-state index contributed by atoms with van der Waals surface area (Å²) in [7, 11) is 1.61. The van der Waals surface area contributed by atoms with Crippen molar-refractivity contribution in [3.8, 4) is 28.0 Å². The third kappa shape index (κ3) is 3.93. The molecule has 0 radical (unpaired) electrons. The van der Waals surface area contributed by atoms with Crippen molar-refractivity contribution in [2.75, 3.05) is 12.4 Å². The second kappa shape index (κ2) is 7.92. The molecule has 148 valence electrons. The number of methoxy groups -OCH3 is 1. The van der Waals surface area contributed by atoms with E-state index < -0.39 is 0 Å². The third-order valence-corrected chi connectivity index (χ3v) is 5.49. The van der Waals surface area contributed by atoms with Crippen LogP contribution in [0.25, 0.3) is 22.2 Å². The lowest BCUT2D eigenvalue weighted by Crippen LogP contribution is -2.20. The molecule has 8 heteroatoms. The van der Waals surface area contributed by atoms with Gasteiger partial charge in [-0.05, 0) is 55.6 Å². The van der Waals surface area contributed by atoms with Gasteiger partial charge in [0.2, 0.25) is 11.8 Å². The molecule has 0 aliphatic carbocycles. The number of ether oxygens (including phenoxy) is 1. The van der Waals surface area contributed by atoms with Crippen LogP contribution in [0.3, 0.4) is 0 Å². The van der Waals surface area contributed by atoms with E-state index >= 15 is 0 Å². The fraction of sp³-hybridized carbons (Fsp3) is 0.190. The van der Waals surface area contributed by atoms with Crippen LogP contribution in [-0.2, 0) is 11.3 Å². The molecule has 0 fully saturated rings. The predicted octanol–water partition coefficient (Wildman–Crippen LogP) is 4.53. The highest BCUT2D eigenvalue weighted by Crippen LogP contribution is 2.30. The van der Waals surface area contributed by atoms with E-state index in [9.17, 15) is 4.79 Å². The number of rotatable bonds is 6. The van der Waals surface area contributed by atoms with Crippen LogP contribution in [0.15, 0.2) is 52.3 Å². The molecule has 3 heterocycles. The first kappa shape index (κ1) is 18.9. The van der Waals surface area contributed by atoms with Gasteiger partial charge >= 0.3 is 0 Å². The van der Waals surface area contributed by atoms with Crippen molar-refractivity contribution in [3.63, 3.8) is 0 Å². The van der Waals surface area contributed by atoms with Gasteiger partial charge < -0.3 is 19.0 Å². The van der Waals surface area contributed by atoms with Crippen LogP contribution in [0, 0.1) is 13.8 Å². The lowest BCUT2D eigenvalue weighted by atomic mass is 10.2. The van der Waals surface area contributed by atoms with Gasteiger partial charge in [-0.15, -0.1) is 21.5 Å². The summed E-state index contributed by atoms with van der Waals surface area (Å²) >= 11 is 1.55. The van der Waals surface area contributed by atoms with E-state index in [1.807, 2.05) is 54.1 Å². The Bertz CT molecular complexity index is 1130. The van der Waals surface area contributed by atoms with Crippen molar-refractivity contribution in [3.05, 3.63) is 59.2 Å². The van der Waals surface area contributed by atoms with Gasteiger partial charge in [-0.2, -0.15) is 0 Å². The zero-order chi connectivity index (χ0) is 20.4. The molecule has 0 aliphatic rings. The normalized spacial score (nSPS) is 10.9. The Labute approximate surface area is 172 Å². The molecule has 0 unspecified atom stereocenters. The van der Waals surface area contributed by atoms with Crippen molar-refractivity contribution in [2.45, 2.75) is 20.4 Å². The second-order valence-corrected chi connectivity index (χ2v) is 7.48. The molecule has 3 aromatic heterocycles. The van der Waals surface area contributed by atoms with Gasteiger partial charge in [-0.1, -0.05) is 6.07 Å². The summed E-state index contributed by atoms with van der Waals surface area (Å²) in [5.74, 6) is 1.57. The van der Waals surface area contributed by atoms with Crippen molar-refractivity contribution in [1.82, 2.24) is 14.8 Å². The summed E-state index contributed by atoms with van der Waals surface area (Å²) in [6.45, 7) is 4.08. The summed E-state index contributed by atoms with van der Waals surface area (Å²) < 4.78 is 12.9. The van der Waals surface area contributed by atoms with E-state index in [2.05, 4.69) is 15.5 Å². The maximum Gasteiger partial charge on any atom is 0.258 e. The molecule has 0 atom stereocenters. The molecule has 4 rings (SSSR count). The van der Waals surface area contributed by atoms with Crippen LogP contribution in [0.1, 0.15) is 11.4 Å². The van der Waals surface area contributed by atoms with E-state index in [0.717, 1.165) is 33.3 Å². The van der Waals surface area contributed by atoms with Crippen molar-refractivity contribution in [2.24, 2.45) is 0 Å². The summed E-state index contributed by atoms with van der Waals surface area (Å²) in [4.78, 5) is 13.5.